The number of benzene rings is 2. The van der Waals surface area contributed by atoms with Gasteiger partial charge in [-0.1, -0.05) is 12.1 Å². The molecule has 156 valence electrons. The first-order chi connectivity index (χ1) is 13.7. The molecular formula is C22H28ClN3O3. The van der Waals surface area contributed by atoms with Gasteiger partial charge in [0.2, 0.25) is 0 Å². The van der Waals surface area contributed by atoms with Gasteiger partial charge in [-0.3, -0.25) is 9.59 Å². The normalized spacial score (nSPS) is 15.7. The highest BCUT2D eigenvalue weighted by molar-refractivity contribution is 6.09. The lowest BCUT2D eigenvalue weighted by Crippen LogP contribution is -2.33. The highest BCUT2D eigenvalue weighted by atomic mass is 35.5. The van der Waals surface area contributed by atoms with Crippen LogP contribution in [0.4, 0.5) is 5.69 Å². The Morgan fingerprint density at radius 3 is 2.55 bits per heavy atom. The first kappa shape index (κ1) is 22.7. The van der Waals surface area contributed by atoms with Crippen molar-refractivity contribution in [2.45, 2.75) is 19.3 Å². The summed E-state index contributed by atoms with van der Waals surface area (Å²) in [6.07, 6.45) is 3.36. The Morgan fingerprint density at radius 1 is 1.10 bits per heavy atom. The molecule has 1 saturated heterocycles. The number of nitrogens with one attached hydrogen (secondary N) is 3. The lowest BCUT2D eigenvalue weighted by molar-refractivity contribution is 0.0951. The van der Waals surface area contributed by atoms with Crippen molar-refractivity contribution in [2.24, 2.45) is 5.92 Å². The molecule has 2 amide bonds. The number of rotatable bonds is 7. The van der Waals surface area contributed by atoms with Gasteiger partial charge < -0.3 is 20.7 Å². The smallest absolute Gasteiger partial charge is 0.255 e. The molecule has 1 unspecified atom stereocenters. The SMILES string of the molecule is COc1ccc(C(=O)Nc2ccccc2C(=O)NCCC2CCCNC2)cc1.Cl. The summed E-state index contributed by atoms with van der Waals surface area (Å²) in [7, 11) is 1.58. The molecule has 1 atom stereocenters. The molecule has 1 aliphatic rings. The van der Waals surface area contributed by atoms with Gasteiger partial charge in [-0.25, -0.2) is 0 Å². The van der Waals surface area contributed by atoms with Gasteiger partial charge in [0.05, 0.1) is 18.4 Å². The number of anilines is 1. The van der Waals surface area contributed by atoms with Crippen molar-refractivity contribution in [3.8, 4) is 5.75 Å². The highest BCUT2D eigenvalue weighted by Crippen LogP contribution is 2.18. The zero-order chi connectivity index (χ0) is 19.8. The number of carbonyl (C=O) groups excluding carboxylic acids is 2. The van der Waals surface area contributed by atoms with Gasteiger partial charge in [0.25, 0.3) is 11.8 Å². The number of piperidine rings is 1. The van der Waals surface area contributed by atoms with E-state index in [-0.39, 0.29) is 24.2 Å². The second kappa shape index (κ2) is 11.4. The van der Waals surface area contributed by atoms with Gasteiger partial charge in [-0.2, -0.15) is 0 Å². The maximum absolute atomic E-state index is 12.6. The van der Waals surface area contributed by atoms with Crippen molar-refractivity contribution in [2.75, 3.05) is 32.1 Å². The molecule has 6 nitrogen and oxygen atoms in total. The van der Waals surface area contributed by atoms with Crippen LogP contribution in [0.25, 0.3) is 0 Å². The Balaban J connectivity index is 0.00000300. The Morgan fingerprint density at radius 2 is 1.86 bits per heavy atom. The Kier molecular flexibility index (Phi) is 8.96. The van der Waals surface area contributed by atoms with E-state index in [0.29, 0.717) is 35.0 Å². The van der Waals surface area contributed by atoms with Gasteiger partial charge in [0, 0.05) is 12.1 Å². The molecule has 1 aliphatic heterocycles. The predicted molar refractivity (Wildman–Crippen MR) is 117 cm³/mol. The number of hydrogen-bond donors (Lipinski definition) is 3. The maximum Gasteiger partial charge on any atom is 0.255 e. The summed E-state index contributed by atoms with van der Waals surface area (Å²) in [6, 6.07) is 13.9. The highest BCUT2D eigenvalue weighted by Gasteiger charge is 2.16. The number of carbonyl (C=O) groups is 2. The minimum atomic E-state index is -0.267. The quantitative estimate of drug-likeness (QED) is 0.644. The third kappa shape index (κ3) is 6.48. The summed E-state index contributed by atoms with van der Waals surface area (Å²) < 4.78 is 5.11. The molecule has 0 spiro atoms. The van der Waals surface area contributed by atoms with E-state index in [1.54, 1.807) is 55.6 Å². The fourth-order valence-electron chi connectivity index (χ4n) is 3.38. The lowest BCUT2D eigenvalue weighted by Gasteiger charge is -2.22. The van der Waals surface area contributed by atoms with E-state index in [9.17, 15) is 9.59 Å². The molecule has 0 aromatic heterocycles. The van der Waals surface area contributed by atoms with Crippen molar-refractivity contribution < 1.29 is 14.3 Å². The van der Waals surface area contributed by atoms with E-state index >= 15 is 0 Å². The van der Waals surface area contributed by atoms with Crippen LogP contribution in [0.15, 0.2) is 48.5 Å². The van der Waals surface area contributed by atoms with Crippen molar-refractivity contribution in [1.29, 1.82) is 0 Å². The van der Waals surface area contributed by atoms with E-state index in [0.717, 1.165) is 19.5 Å². The predicted octanol–water partition coefficient (Wildman–Crippen LogP) is 3.49. The number of hydrogen-bond acceptors (Lipinski definition) is 4. The van der Waals surface area contributed by atoms with Gasteiger partial charge in [0.1, 0.15) is 5.75 Å². The van der Waals surface area contributed by atoms with Crippen LogP contribution in [0, 0.1) is 5.92 Å². The van der Waals surface area contributed by atoms with Crippen LogP contribution in [0.1, 0.15) is 40.0 Å². The molecule has 0 saturated carbocycles. The van der Waals surface area contributed by atoms with E-state index in [1.165, 1.54) is 12.8 Å². The van der Waals surface area contributed by atoms with Crippen molar-refractivity contribution in [1.82, 2.24) is 10.6 Å². The summed E-state index contributed by atoms with van der Waals surface area (Å²) in [4.78, 5) is 25.1. The molecule has 7 heteroatoms. The average molecular weight is 418 g/mol. The molecule has 3 N–H and O–H groups in total. The third-order valence-corrected chi connectivity index (χ3v) is 5.01. The number of amides is 2. The molecule has 2 aromatic rings. The molecule has 0 aliphatic carbocycles. The van der Waals surface area contributed by atoms with E-state index in [4.69, 9.17) is 4.74 Å². The molecular weight excluding hydrogens is 390 g/mol. The van der Waals surface area contributed by atoms with Crippen LogP contribution in [0.5, 0.6) is 5.75 Å². The Bertz CT molecular complexity index is 805. The zero-order valence-electron chi connectivity index (χ0n) is 16.6. The largest absolute Gasteiger partial charge is 0.497 e. The van der Waals surface area contributed by atoms with Crippen LogP contribution in [0.2, 0.25) is 0 Å². The molecule has 0 bridgehead atoms. The molecule has 1 heterocycles. The van der Waals surface area contributed by atoms with Crippen molar-refractivity contribution in [3.63, 3.8) is 0 Å². The van der Waals surface area contributed by atoms with Gasteiger partial charge in [0.15, 0.2) is 0 Å². The Hall–Kier alpha value is -2.57. The van der Waals surface area contributed by atoms with Crippen LogP contribution in [-0.2, 0) is 0 Å². The fourth-order valence-corrected chi connectivity index (χ4v) is 3.38. The van der Waals surface area contributed by atoms with E-state index in [1.807, 2.05) is 0 Å². The van der Waals surface area contributed by atoms with Crippen LogP contribution in [-0.4, -0.2) is 38.6 Å². The van der Waals surface area contributed by atoms with E-state index < -0.39 is 0 Å². The van der Waals surface area contributed by atoms with Gasteiger partial charge in [-0.15, -0.1) is 12.4 Å². The number of halogens is 1. The minimum absolute atomic E-state index is 0. The standard InChI is InChI=1S/C22H27N3O3.ClH/c1-28-18-10-8-17(9-11-18)21(26)25-20-7-3-2-6-19(20)22(27)24-14-12-16-5-4-13-23-15-16;/h2-3,6-11,16,23H,4-5,12-15H2,1H3,(H,24,27)(H,25,26);1H. The zero-order valence-corrected chi connectivity index (χ0v) is 17.4. The van der Waals surface area contributed by atoms with Crippen LogP contribution >= 0.6 is 12.4 Å². The lowest BCUT2D eigenvalue weighted by atomic mass is 9.96. The first-order valence-electron chi connectivity index (χ1n) is 9.70. The molecule has 0 radical (unpaired) electrons. The molecule has 2 aromatic carbocycles. The summed E-state index contributed by atoms with van der Waals surface area (Å²) in [5, 5.41) is 9.20. The van der Waals surface area contributed by atoms with Crippen molar-refractivity contribution >= 4 is 29.9 Å². The molecule has 29 heavy (non-hydrogen) atoms. The minimum Gasteiger partial charge on any atom is -0.497 e. The van der Waals surface area contributed by atoms with Crippen LogP contribution in [0.3, 0.4) is 0 Å². The number of ether oxygens (including phenoxy) is 1. The third-order valence-electron chi connectivity index (χ3n) is 5.01. The van der Waals surface area contributed by atoms with Crippen molar-refractivity contribution in [3.05, 3.63) is 59.7 Å². The first-order valence-corrected chi connectivity index (χ1v) is 9.70. The topological polar surface area (TPSA) is 79.5 Å². The maximum atomic E-state index is 12.6. The van der Waals surface area contributed by atoms with Crippen LogP contribution < -0.4 is 20.7 Å². The molecule has 1 fully saturated rings. The average Bonchev–Trinajstić information content (AvgIpc) is 2.75. The monoisotopic (exact) mass is 417 g/mol. The Labute approximate surface area is 177 Å². The van der Waals surface area contributed by atoms with Gasteiger partial charge in [-0.05, 0) is 74.7 Å². The summed E-state index contributed by atoms with van der Waals surface area (Å²) >= 11 is 0. The second-order valence-electron chi connectivity index (χ2n) is 6.99. The number of para-hydroxylation sites is 1. The summed E-state index contributed by atoms with van der Waals surface area (Å²) in [5.41, 5.74) is 1.46. The van der Waals surface area contributed by atoms with Gasteiger partial charge >= 0.3 is 0 Å². The van der Waals surface area contributed by atoms with E-state index in [2.05, 4.69) is 16.0 Å². The second-order valence-corrected chi connectivity index (χ2v) is 6.99. The fraction of sp³-hybridized carbons (Fsp3) is 0.364. The summed E-state index contributed by atoms with van der Waals surface area (Å²) in [5.74, 6) is 0.856. The molecule has 3 rings (SSSR count). The number of methoxy groups -OCH3 is 1. The summed E-state index contributed by atoms with van der Waals surface area (Å²) in [6.45, 7) is 2.74.